The number of fused-ring (bicyclic) bond motifs is 1. The third kappa shape index (κ3) is 1.85. The first-order chi connectivity index (χ1) is 9.22. The third-order valence-electron chi connectivity index (χ3n) is 3.11. The van der Waals surface area contributed by atoms with Crippen molar-refractivity contribution in [2.24, 2.45) is 0 Å². The maximum atomic E-state index is 5.13. The predicted molar refractivity (Wildman–Crippen MR) is 71.6 cm³/mol. The minimum atomic E-state index is 0.676. The Balaban J connectivity index is 2.07. The Hall–Kier alpha value is -2.37. The summed E-state index contributed by atoms with van der Waals surface area (Å²) in [6.45, 7) is 4.87. The molecule has 6 nitrogen and oxygen atoms in total. The maximum absolute atomic E-state index is 5.13. The van der Waals surface area contributed by atoms with E-state index in [9.17, 15) is 0 Å². The van der Waals surface area contributed by atoms with E-state index >= 15 is 0 Å². The van der Waals surface area contributed by atoms with Crippen molar-refractivity contribution in [2.45, 2.75) is 20.4 Å². The van der Waals surface area contributed by atoms with Crippen molar-refractivity contribution in [3.63, 3.8) is 0 Å². The molecule has 0 aliphatic carbocycles. The van der Waals surface area contributed by atoms with Gasteiger partial charge >= 0.3 is 0 Å². The van der Waals surface area contributed by atoms with Crippen molar-refractivity contribution in [1.29, 1.82) is 0 Å². The van der Waals surface area contributed by atoms with Crippen LogP contribution in [0.1, 0.15) is 12.7 Å². The lowest BCUT2D eigenvalue weighted by atomic mass is 10.3. The molecule has 98 valence electrons. The molecule has 2 heterocycles. The van der Waals surface area contributed by atoms with E-state index in [-0.39, 0.29) is 0 Å². The van der Waals surface area contributed by atoms with Crippen LogP contribution >= 0.6 is 0 Å². The first-order valence-electron chi connectivity index (χ1n) is 6.17. The lowest BCUT2D eigenvalue weighted by molar-refractivity contribution is 0.414. The number of hydrogen-bond acceptors (Lipinski definition) is 4. The van der Waals surface area contributed by atoms with E-state index in [1.807, 2.05) is 35.8 Å². The molecule has 3 rings (SSSR count). The zero-order valence-corrected chi connectivity index (χ0v) is 11.2. The summed E-state index contributed by atoms with van der Waals surface area (Å²) in [5.41, 5.74) is 2.38. The van der Waals surface area contributed by atoms with E-state index in [2.05, 4.69) is 22.1 Å². The number of benzene rings is 1. The molecule has 0 amide bonds. The fourth-order valence-electron chi connectivity index (χ4n) is 2.11. The Labute approximate surface area is 110 Å². The Morgan fingerprint density at radius 3 is 2.53 bits per heavy atom. The van der Waals surface area contributed by atoms with E-state index in [0.29, 0.717) is 5.65 Å². The Kier molecular flexibility index (Phi) is 2.70. The predicted octanol–water partition coefficient (Wildman–Crippen LogP) is 1.95. The lowest BCUT2D eigenvalue weighted by Gasteiger charge is -2.02. The summed E-state index contributed by atoms with van der Waals surface area (Å²) < 4.78 is 7.18. The van der Waals surface area contributed by atoms with Gasteiger partial charge in [0.2, 0.25) is 11.3 Å². The lowest BCUT2D eigenvalue weighted by Crippen LogP contribution is -2.02. The van der Waals surface area contributed by atoms with Crippen molar-refractivity contribution < 1.29 is 4.74 Å². The SMILES string of the molecule is CCn1c(C)nc2nn(-c3ccc(OC)cc3)nc21. The molecule has 0 aliphatic rings. The summed E-state index contributed by atoms with van der Waals surface area (Å²) in [4.78, 5) is 6.01. The summed E-state index contributed by atoms with van der Waals surface area (Å²) in [6, 6.07) is 7.60. The van der Waals surface area contributed by atoms with Gasteiger partial charge in [0, 0.05) is 6.54 Å². The number of imidazole rings is 1. The standard InChI is InChI=1S/C13H15N5O/c1-4-17-9(2)14-12-13(17)16-18(15-12)10-5-7-11(19-3)8-6-10/h5-8H,4H2,1-3H3. The second-order valence-corrected chi connectivity index (χ2v) is 4.24. The topological polar surface area (TPSA) is 57.8 Å². The van der Waals surface area contributed by atoms with Crippen LogP contribution in [-0.4, -0.2) is 31.7 Å². The van der Waals surface area contributed by atoms with Gasteiger partial charge in [-0.2, -0.15) is 0 Å². The highest BCUT2D eigenvalue weighted by Gasteiger charge is 2.12. The van der Waals surface area contributed by atoms with Crippen LogP contribution < -0.4 is 4.74 Å². The Morgan fingerprint density at radius 2 is 1.89 bits per heavy atom. The maximum Gasteiger partial charge on any atom is 0.221 e. The normalized spacial score (nSPS) is 11.1. The summed E-state index contributed by atoms with van der Waals surface area (Å²) >= 11 is 0. The average Bonchev–Trinajstić information content (AvgIpc) is 2.95. The van der Waals surface area contributed by atoms with Crippen LogP contribution in [0.4, 0.5) is 0 Å². The molecule has 0 aliphatic heterocycles. The number of methoxy groups -OCH3 is 1. The van der Waals surface area contributed by atoms with Gasteiger partial charge in [0.05, 0.1) is 12.8 Å². The van der Waals surface area contributed by atoms with Gasteiger partial charge in [-0.3, -0.25) is 0 Å². The smallest absolute Gasteiger partial charge is 0.221 e. The number of nitrogens with zero attached hydrogens (tertiary/aromatic N) is 5. The number of aromatic nitrogens is 5. The van der Waals surface area contributed by atoms with E-state index in [1.165, 1.54) is 0 Å². The van der Waals surface area contributed by atoms with Crippen molar-refractivity contribution in [1.82, 2.24) is 24.5 Å². The van der Waals surface area contributed by atoms with E-state index in [4.69, 9.17) is 4.74 Å². The number of hydrogen-bond donors (Lipinski definition) is 0. The summed E-state index contributed by atoms with van der Waals surface area (Å²) in [7, 11) is 1.65. The minimum Gasteiger partial charge on any atom is -0.497 e. The molecule has 19 heavy (non-hydrogen) atoms. The molecule has 0 saturated heterocycles. The first kappa shape index (κ1) is 11.7. The second kappa shape index (κ2) is 4.38. The molecule has 2 aromatic heterocycles. The molecule has 3 aromatic rings. The van der Waals surface area contributed by atoms with Gasteiger partial charge in [-0.1, -0.05) is 0 Å². The molecule has 0 N–H and O–H groups in total. The van der Waals surface area contributed by atoms with Crippen LogP contribution in [-0.2, 0) is 6.54 Å². The minimum absolute atomic E-state index is 0.676. The van der Waals surface area contributed by atoms with Crippen molar-refractivity contribution in [3.05, 3.63) is 30.1 Å². The number of rotatable bonds is 3. The summed E-state index contributed by atoms with van der Waals surface area (Å²) in [5, 5.41) is 8.90. The van der Waals surface area contributed by atoms with Crippen LogP contribution in [0.3, 0.4) is 0 Å². The van der Waals surface area contributed by atoms with Gasteiger partial charge in [0.15, 0.2) is 0 Å². The molecule has 1 aromatic carbocycles. The van der Waals surface area contributed by atoms with Crippen LogP contribution in [0, 0.1) is 6.92 Å². The molecule has 0 bridgehead atoms. The molecule has 0 saturated carbocycles. The largest absolute Gasteiger partial charge is 0.497 e. The van der Waals surface area contributed by atoms with Gasteiger partial charge in [-0.15, -0.1) is 15.0 Å². The monoisotopic (exact) mass is 257 g/mol. The van der Waals surface area contributed by atoms with E-state index in [1.54, 1.807) is 11.9 Å². The Morgan fingerprint density at radius 1 is 1.16 bits per heavy atom. The number of ether oxygens (including phenoxy) is 1. The Bertz CT molecular complexity index is 711. The zero-order valence-electron chi connectivity index (χ0n) is 11.2. The van der Waals surface area contributed by atoms with Crippen LogP contribution in [0.5, 0.6) is 5.75 Å². The van der Waals surface area contributed by atoms with Gasteiger partial charge in [0.1, 0.15) is 11.6 Å². The fraction of sp³-hybridized carbons (Fsp3) is 0.308. The molecule has 0 fully saturated rings. The molecule has 0 radical (unpaired) electrons. The van der Waals surface area contributed by atoms with Gasteiger partial charge < -0.3 is 9.30 Å². The molecule has 0 spiro atoms. The van der Waals surface area contributed by atoms with Crippen LogP contribution in [0.15, 0.2) is 24.3 Å². The van der Waals surface area contributed by atoms with Crippen molar-refractivity contribution in [3.8, 4) is 11.4 Å². The highest BCUT2D eigenvalue weighted by molar-refractivity contribution is 5.66. The van der Waals surface area contributed by atoms with E-state index < -0.39 is 0 Å². The fourth-order valence-corrected chi connectivity index (χ4v) is 2.11. The van der Waals surface area contributed by atoms with Crippen LogP contribution in [0.25, 0.3) is 17.0 Å². The number of aryl methyl sites for hydroxylation is 2. The molecular formula is C13H15N5O. The van der Waals surface area contributed by atoms with Crippen molar-refractivity contribution >= 4 is 11.3 Å². The zero-order chi connectivity index (χ0) is 13.4. The third-order valence-corrected chi connectivity index (χ3v) is 3.11. The molecule has 0 atom stereocenters. The second-order valence-electron chi connectivity index (χ2n) is 4.24. The van der Waals surface area contributed by atoms with Crippen LogP contribution in [0.2, 0.25) is 0 Å². The molecule has 6 heteroatoms. The molecule has 0 unspecified atom stereocenters. The summed E-state index contributed by atoms with van der Waals surface area (Å²) in [5.74, 6) is 1.75. The highest BCUT2D eigenvalue weighted by Crippen LogP contribution is 2.16. The quantitative estimate of drug-likeness (QED) is 0.719. The molecular weight excluding hydrogens is 242 g/mol. The average molecular weight is 257 g/mol. The summed E-state index contributed by atoms with van der Waals surface area (Å²) in [6.07, 6.45) is 0. The first-order valence-corrected chi connectivity index (χ1v) is 6.17. The van der Waals surface area contributed by atoms with Gasteiger partial charge in [-0.25, -0.2) is 4.98 Å². The highest BCUT2D eigenvalue weighted by atomic mass is 16.5. The van der Waals surface area contributed by atoms with Gasteiger partial charge in [0.25, 0.3) is 0 Å². The van der Waals surface area contributed by atoms with Gasteiger partial charge in [-0.05, 0) is 38.1 Å². The van der Waals surface area contributed by atoms with Crippen molar-refractivity contribution in [2.75, 3.05) is 7.11 Å². The van der Waals surface area contributed by atoms with E-state index in [0.717, 1.165) is 29.5 Å².